The molecule has 0 aliphatic carbocycles. The van der Waals surface area contributed by atoms with Gasteiger partial charge in [-0.2, -0.15) is 0 Å². The first-order valence-corrected chi connectivity index (χ1v) is 8.13. The smallest absolute Gasteiger partial charge is 0.246 e. The molecule has 0 unspecified atom stereocenters. The zero-order valence-corrected chi connectivity index (χ0v) is 13.2. The van der Waals surface area contributed by atoms with Gasteiger partial charge in [-0.15, -0.1) is 0 Å². The minimum Gasteiger partial charge on any atom is -0.347 e. The third-order valence-corrected chi connectivity index (χ3v) is 4.43. The van der Waals surface area contributed by atoms with Gasteiger partial charge in [-0.3, -0.25) is 9.79 Å². The van der Waals surface area contributed by atoms with Crippen molar-refractivity contribution in [2.24, 2.45) is 4.99 Å². The average molecular weight is 300 g/mol. The summed E-state index contributed by atoms with van der Waals surface area (Å²) >= 11 is 0. The maximum Gasteiger partial charge on any atom is 0.246 e. The Hall–Kier alpha value is -2.04. The van der Waals surface area contributed by atoms with E-state index in [2.05, 4.69) is 21.3 Å². The molecule has 0 bridgehead atoms. The van der Waals surface area contributed by atoms with E-state index in [1.165, 1.54) is 18.4 Å². The number of aliphatic imine (C=N–C) groups is 1. The second kappa shape index (κ2) is 6.81. The zero-order valence-electron chi connectivity index (χ0n) is 13.2. The molecule has 1 amide bonds. The minimum atomic E-state index is 0.118. The largest absolute Gasteiger partial charge is 0.347 e. The molecule has 3 rings (SSSR count). The number of benzene rings is 1. The van der Waals surface area contributed by atoms with E-state index in [1.807, 2.05) is 23.1 Å². The van der Waals surface area contributed by atoms with Crippen LogP contribution in [-0.2, 0) is 11.2 Å². The minimum absolute atomic E-state index is 0.118. The quantitative estimate of drug-likeness (QED) is 0.667. The normalized spacial score (nSPS) is 18.3. The Kier molecular flexibility index (Phi) is 4.61. The molecule has 0 aromatic heterocycles. The third-order valence-electron chi connectivity index (χ3n) is 4.43. The number of carbonyl (C=O) groups excluding carboxylic acids is 1. The van der Waals surface area contributed by atoms with Gasteiger partial charge >= 0.3 is 0 Å². The molecule has 1 aromatic rings. The number of amides is 1. The standard InChI is InChI=1S/C17H24N4O/c1-18-17(20-10-4-5-11-20)19-13-16(22)21-12-6-8-14-7-2-3-9-15(14)21/h2-3,7,9H,4-6,8,10-13H2,1H3,(H,18,19). The number of nitrogens with one attached hydrogen (secondary N) is 1. The van der Waals surface area contributed by atoms with Crippen molar-refractivity contribution in [1.82, 2.24) is 10.2 Å². The molecule has 118 valence electrons. The van der Waals surface area contributed by atoms with Crippen LogP contribution in [0.2, 0.25) is 0 Å². The maximum absolute atomic E-state index is 12.6. The van der Waals surface area contributed by atoms with Crippen LogP contribution in [0, 0.1) is 0 Å². The van der Waals surface area contributed by atoms with Crippen LogP contribution in [0.1, 0.15) is 24.8 Å². The molecule has 22 heavy (non-hydrogen) atoms. The second-order valence-corrected chi connectivity index (χ2v) is 5.87. The Labute approximate surface area is 132 Å². The van der Waals surface area contributed by atoms with Gasteiger partial charge < -0.3 is 15.1 Å². The fraction of sp³-hybridized carbons (Fsp3) is 0.529. The van der Waals surface area contributed by atoms with Crippen LogP contribution in [0.3, 0.4) is 0 Å². The Morgan fingerprint density at radius 1 is 1.18 bits per heavy atom. The topological polar surface area (TPSA) is 47.9 Å². The lowest BCUT2D eigenvalue weighted by atomic mass is 10.0. The lowest BCUT2D eigenvalue weighted by molar-refractivity contribution is -0.117. The lowest BCUT2D eigenvalue weighted by Gasteiger charge is -2.30. The molecule has 1 saturated heterocycles. The molecule has 1 aromatic carbocycles. The van der Waals surface area contributed by atoms with E-state index >= 15 is 0 Å². The molecule has 0 spiro atoms. The summed E-state index contributed by atoms with van der Waals surface area (Å²) in [6.45, 7) is 3.16. The summed E-state index contributed by atoms with van der Waals surface area (Å²) in [5, 5.41) is 3.22. The fourth-order valence-electron chi connectivity index (χ4n) is 3.30. The number of rotatable bonds is 2. The second-order valence-electron chi connectivity index (χ2n) is 5.87. The monoisotopic (exact) mass is 300 g/mol. The van der Waals surface area contributed by atoms with Gasteiger partial charge in [-0.05, 0) is 37.3 Å². The molecule has 0 radical (unpaired) electrons. The summed E-state index contributed by atoms with van der Waals surface area (Å²) in [7, 11) is 1.78. The van der Waals surface area contributed by atoms with E-state index in [-0.39, 0.29) is 5.91 Å². The Morgan fingerprint density at radius 3 is 2.73 bits per heavy atom. The van der Waals surface area contributed by atoms with E-state index in [0.29, 0.717) is 6.54 Å². The van der Waals surface area contributed by atoms with Crippen molar-refractivity contribution in [2.45, 2.75) is 25.7 Å². The number of likely N-dealkylation sites (tertiary alicyclic amines) is 1. The summed E-state index contributed by atoms with van der Waals surface area (Å²) in [6, 6.07) is 8.20. The molecule has 5 nitrogen and oxygen atoms in total. The summed E-state index contributed by atoms with van der Waals surface area (Å²) in [5.74, 6) is 0.962. The summed E-state index contributed by atoms with van der Waals surface area (Å²) in [5.41, 5.74) is 2.34. The highest BCUT2D eigenvalue weighted by molar-refractivity contribution is 5.98. The van der Waals surface area contributed by atoms with E-state index in [4.69, 9.17) is 0 Å². The fourth-order valence-corrected chi connectivity index (χ4v) is 3.30. The highest BCUT2D eigenvalue weighted by Gasteiger charge is 2.23. The van der Waals surface area contributed by atoms with Crippen LogP contribution in [0.4, 0.5) is 5.69 Å². The molecular formula is C17H24N4O. The van der Waals surface area contributed by atoms with Crippen molar-refractivity contribution < 1.29 is 4.79 Å². The van der Waals surface area contributed by atoms with Gasteiger partial charge in [0, 0.05) is 32.4 Å². The number of nitrogens with zero attached hydrogens (tertiary/aromatic N) is 3. The van der Waals surface area contributed by atoms with Crippen LogP contribution in [0.25, 0.3) is 0 Å². The highest BCUT2D eigenvalue weighted by Crippen LogP contribution is 2.26. The predicted molar refractivity (Wildman–Crippen MR) is 89.3 cm³/mol. The average Bonchev–Trinajstić information content (AvgIpc) is 3.09. The highest BCUT2D eigenvalue weighted by atomic mass is 16.2. The van der Waals surface area contributed by atoms with Crippen LogP contribution in [0.5, 0.6) is 0 Å². The molecule has 1 fully saturated rings. The van der Waals surface area contributed by atoms with Gasteiger partial charge in [0.2, 0.25) is 5.91 Å². The van der Waals surface area contributed by atoms with E-state index in [1.54, 1.807) is 7.05 Å². The van der Waals surface area contributed by atoms with Crippen LogP contribution in [0.15, 0.2) is 29.3 Å². The number of hydrogen-bond donors (Lipinski definition) is 1. The SMILES string of the molecule is CN=C(NCC(=O)N1CCCc2ccccc21)N1CCCC1. The molecule has 2 aliphatic heterocycles. The summed E-state index contributed by atoms with van der Waals surface area (Å²) in [6.07, 6.45) is 4.49. The van der Waals surface area contributed by atoms with Crippen molar-refractivity contribution in [3.8, 4) is 0 Å². The Balaban J connectivity index is 1.63. The van der Waals surface area contributed by atoms with Gasteiger partial charge in [-0.25, -0.2) is 0 Å². The van der Waals surface area contributed by atoms with Crippen molar-refractivity contribution in [1.29, 1.82) is 0 Å². The van der Waals surface area contributed by atoms with Crippen LogP contribution in [-0.4, -0.2) is 50.0 Å². The number of anilines is 1. The molecule has 1 N–H and O–H groups in total. The van der Waals surface area contributed by atoms with Gasteiger partial charge in [0.1, 0.15) is 0 Å². The summed E-state index contributed by atoms with van der Waals surface area (Å²) < 4.78 is 0. The number of hydrogen-bond acceptors (Lipinski definition) is 2. The first kappa shape index (κ1) is 14.9. The number of fused-ring (bicyclic) bond motifs is 1. The third kappa shape index (κ3) is 3.08. The van der Waals surface area contributed by atoms with Gasteiger partial charge in [0.15, 0.2) is 5.96 Å². The number of carbonyl (C=O) groups is 1. The Morgan fingerprint density at radius 2 is 1.95 bits per heavy atom. The van der Waals surface area contributed by atoms with Crippen molar-refractivity contribution in [3.63, 3.8) is 0 Å². The maximum atomic E-state index is 12.6. The number of para-hydroxylation sites is 1. The van der Waals surface area contributed by atoms with E-state index in [9.17, 15) is 4.79 Å². The molecule has 2 aliphatic rings. The number of guanidine groups is 1. The van der Waals surface area contributed by atoms with Crippen LogP contribution < -0.4 is 10.2 Å². The van der Waals surface area contributed by atoms with Gasteiger partial charge in [0.05, 0.1) is 6.54 Å². The van der Waals surface area contributed by atoms with Crippen molar-refractivity contribution in [3.05, 3.63) is 29.8 Å². The van der Waals surface area contributed by atoms with Gasteiger partial charge in [0.25, 0.3) is 0 Å². The first-order chi connectivity index (χ1) is 10.8. The van der Waals surface area contributed by atoms with Crippen molar-refractivity contribution >= 4 is 17.6 Å². The van der Waals surface area contributed by atoms with E-state index in [0.717, 1.165) is 44.1 Å². The lowest BCUT2D eigenvalue weighted by Crippen LogP contribution is -2.46. The predicted octanol–water partition coefficient (Wildman–Crippen LogP) is 1.64. The van der Waals surface area contributed by atoms with Crippen LogP contribution >= 0.6 is 0 Å². The summed E-state index contributed by atoms with van der Waals surface area (Å²) in [4.78, 5) is 21.0. The Bertz CT molecular complexity index is 564. The molecule has 2 heterocycles. The van der Waals surface area contributed by atoms with Gasteiger partial charge in [-0.1, -0.05) is 18.2 Å². The zero-order chi connectivity index (χ0) is 15.4. The molecule has 0 saturated carbocycles. The number of aryl methyl sites for hydroxylation is 1. The first-order valence-electron chi connectivity index (χ1n) is 8.13. The molecular weight excluding hydrogens is 276 g/mol. The molecule has 0 atom stereocenters. The molecule has 5 heteroatoms. The van der Waals surface area contributed by atoms with Crippen molar-refractivity contribution in [2.75, 3.05) is 38.1 Å². The van der Waals surface area contributed by atoms with E-state index < -0.39 is 0 Å².